The zero-order valence-corrected chi connectivity index (χ0v) is 14.9. The highest BCUT2D eigenvalue weighted by atomic mass is 35.5. The Labute approximate surface area is 147 Å². The lowest BCUT2D eigenvalue weighted by Gasteiger charge is -1.99. The van der Waals surface area contributed by atoms with Gasteiger partial charge in [0.2, 0.25) is 11.7 Å². The maximum atomic E-state index is 5.61. The molecule has 24 heavy (non-hydrogen) atoms. The molecule has 7 heteroatoms. The molecule has 0 amide bonds. The number of aryl methyl sites for hydroxylation is 3. The third-order valence-electron chi connectivity index (χ3n) is 4.16. The van der Waals surface area contributed by atoms with Crippen LogP contribution < -0.4 is 5.73 Å². The van der Waals surface area contributed by atoms with Gasteiger partial charge >= 0.3 is 0 Å². The van der Waals surface area contributed by atoms with Crippen LogP contribution in [0.4, 0.5) is 0 Å². The van der Waals surface area contributed by atoms with E-state index < -0.39 is 0 Å². The van der Waals surface area contributed by atoms with Crippen LogP contribution in [0, 0.1) is 13.8 Å². The molecule has 0 fully saturated rings. The second-order valence-corrected chi connectivity index (χ2v) is 5.69. The summed E-state index contributed by atoms with van der Waals surface area (Å²) in [6.45, 7) is 4.63. The van der Waals surface area contributed by atoms with Gasteiger partial charge in [0.15, 0.2) is 0 Å². The van der Waals surface area contributed by atoms with Crippen molar-refractivity contribution in [2.45, 2.75) is 33.2 Å². The fourth-order valence-corrected chi connectivity index (χ4v) is 2.67. The molecule has 0 aliphatic rings. The van der Waals surface area contributed by atoms with Crippen molar-refractivity contribution in [3.05, 3.63) is 52.7 Å². The Morgan fingerprint density at radius 3 is 2.42 bits per heavy atom. The zero-order chi connectivity index (χ0) is 16.4. The van der Waals surface area contributed by atoms with Gasteiger partial charge in [0.1, 0.15) is 0 Å². The summed E-state index contributed by atoms with van der Waals surface area (Å²) < 4.78 is 7.28. The number of benzene rings is 1. The Morgan fingerprint density at radius 1 is 1.12 bits per heavy atom. The number of rotatable bonds is 5. The summed E-state index contributed by atoms with van der Waals surface area (Å²) in [5, 5.41) is 8.50. The average molecular weight is 348 g/mol. The minimum absolute atomic E-state index is 0. The Balaban J connectivity index is 0.00000208. The molecule has 0 radical (unpaired) electrons. The van der Waals surface area contributed by atoms with Crippen LogP contribution in [0.5, 0.6) is 0 Å². The fourth-order valence-electron chi connectivity index (χ4n) is 2.67. The molecule has 3 rings (SSSR count). The van der Waals surface area contributed by atoms with Crippen molar-refractivity contribution < 1.29 is 4.52 Å². The standard InChI is InChI=1S/C17H21N5O.ClH/c1-11-15(12(2)22(3)20-11)8-9-16-19-17(21-23-16)14-6-4-13(10-18)5-7-14;/h4-7H,8-10,18H2,1-3H3;1H. The van der Waals surface area contributed by atoms with Gasteiger partial charge in [0.25, 0.3) is 0 Å². The van der Waals surface area contributed by atoms with Crippen molar-refractivity contribution in [3.63, 3.8) is 0 Å². The molecule has 0 unspecified atom stereocenters. The van der Waals surface area contributed by atoms with Crippen molar-refractivity contribution in [1.29, 1.82) is 0 Å². The molecule has 6 nitrogen and oxygen atoms in total. The molecule has 0 saturated heterocycles. The molecule has 0 aliphatic heterocycles. The van der Waals surface area contributed by atoms with Gasteiger partial charge in [-0.05, 0) is 31.4 Å². The van der Waals surface area contributed by atoms with Gasteiger partial charge in [-0.1, -0.05) is 29.4 Å². The third-order valence-corrected chi connectivity index (χ3v) is 4.16. The average Bonchev–Trinajstić information content (AvgIpc) is 3.12. The number of aromatic nitrogens is 4. The van der Waals surface area contributed by atoms with Gasteiger partial charge in [0, 0.05) is 31.3 Å². The van der Waals surface area contributed by atoms with Crippen molar-refractivity contribution in [2.24, 2.45) is 12.8 Å². The molecular formula is C17H22ClN5O. The number of nitrogens with zero attached hydrogens (tertiary/aromatic N) is 4. The van der Waals surface area contributed by atoms with Crippen LogP contribution in [0.1, 0.15) is 28.4 Å². The van der Waals surface area contributed by atoms with Gasteiger partial charge in [-0.2, -0.15) is 10.1 Å². The first kappa shape index (κ1) is 18.2. The first-order valence-electron chi connectivity index (χ1n) is 7.69. The number of halogens is 1. The maximum Gasteiger partial charge on any atom is 0.227 e. The van der Waals surface area contributed by atoms with Crippen molar-refractivity contribution in [1.82, 2.24) is 19.9 Å². The monoisotopic (exact) mass is 347 g/mol. The Hall–Kier alpha value is -2.18. The normalized spacial score (nSPS) is 10.7. The third kappa shape index (κ3) is 3.66. The first-order valence-corrected chi connectivity index (χ1v) is 7.69. The van der Waals surface area contributed by atoms with Crippen LogP contribution in [-0.2, 0) is 26.4 Å². The van der Waals surface area contributed by atoms with E-state index >= 15 is 0 Å². The first-order chi connectivity index (χ1) is 11.1. The predicted octanol–water partition coefficient (Wildman–Crippen LogP) is 2.75. The molecule has 2 N–H and O–H groups in total. The quantitative estimate of drug-likeness (QED) is 0.767. The van der Waals surface area contributed by atoms with E-state index in [1.54, 1.807) is 0 Å². The van der Waals surface area contributed by atoms with E-state index in [0.29, 0.717) is 24.7 Å². The molecule has 0 spiro atoms. The van der Waals surface area contributed by atoms with E-state index in [1.165, 1.54) is 11.3 Å². The molecule has 2 aromatic heterocycles. The SMILES string of the molecule is Cc1nn(C)c(C)c1CCc1nc(-c2ccc(CN)cc2)no1.Cl. The van der Waals surface area contributed by atoms with Gasteiger partial charge in [-0.25, -0.2) is 0 Å². The number of hydrogen-bond donors (Lipinski definition) is 1. The van der Waals surface area contributed by atoms with Gasteiger partial charge in [-0.15, -0.1) is 12.4 Å². The van der Waals surface area contributed by atoms with Crippen molar-refractivity contribution in [3.8, 4) is 11.4 Å². The molecule has 3 aromatic rings. The highest BCUT2D eigenvalue weighted by molar-refractivity contribution is 5.85. The summed E-state index contributed by atoms with van der Waals surface area (Å²) in [4.78, 5) is 4.48. The Bertz CT molecular complexity index is 807. The molecule has 0 bridgehead atoms. The smallest absolute Gasteiger partial charge is 0.227 e. The summed E-state index contributed by atoms with van der Waals surface area (Å²) >= 11 is 0. The van der Waals surface area contributed by atoms with Crippen LogP contribution in [0.15, 0.2) is 28.8 Å². The predicted molar refractivity (Wildman–Crippen MR) is 95.0 cm³/mol. The minimum Gasteiger partial charge on any atom is -0.339 e. The highest BCUT2D eigenvalue weighted by Gasteiger charge is 2.13. The molecule has 2 heterocycles. The summed E-state index contributed by atoms with van der Waals surface area (Å²) in [5.41, 5.74) is 11.1. The lowest BCUT2D eigenvalue weighted by molar-refractivity contribution is 0.378. The van der Waals surface area contributed by atoms with Crippen LogP contribution in [0.25, 0.3) is 11.4 Å². The van der Waals surface area contributed by atoms with Crippen LogP contribution >= 0.6 is 12.4 Å². The summed E-state index contributed by atoms with van der Waals surface area (Å²) in [7, 11) is 1.96. The van der Waals surface area contributed by atoms with Crippen LogP contribution in [-0.4, -0.2) is 19.9 Å². The number of hydrogen-bond acceptors (Lipinski definition) is 5. The van der Waals surface area contributed by atoms with E-state index in [9.17, 15) is 0 Å². The molecule has 128 valence electrons. The summed E-state index contributed by atoms with van der Waals surface area (Å²) in [5.74, 6) is 1.26. The summed E-state index contributed by atoms with van der Waals surface area (Å²) in [6, 6.07) is 7.89. The van der Waals surface area contributed by atoms with Gasteiger partial charge in [-0.3, -0.25) is 4.68 Å². The van der Waals surface area contributed by atoms with E-state index in [2.05, 4.69) is 22.2 Å². The summed E-state index contributed by atoms with van der Waals surface area (Å²) in [6.07, 6.45) is 1.56. The molecule has 0 aliphatic carbocycles. The van der Waals surface area contributed by atoms with Crippen molar-refractivity contribution >= 4 is 12.4 Å². The van der Waals surface area contributed by atoms with E-state index in [4.69, 9.17) is 10.3 Å². The van der Waals surface area contributed by atoms with E-state index in [-0.39, 0.29) is 12.4 Å². The lowest BCUT2D eigenvalue weighted by atomic mass is 10.1. The molecule has 1 aromatic carbocycles. The second-order valence-electron chi connectivity index (χ2n) is 5.69. The Kier molecular flexibility index (Phi) is 5.75. The fraction of sp³-hybridized carbons (Fsp3) is 0.353. The molecule has 0 atom stereocenters. The van der Waals surface area contributed by atoms with Crippen molar-refractivity contribution in [2.75, 3.05) is 0 Å². The minimum atomic E-state index is 0. The second kappa shape index (κ2) is 7.59. The lowest BCUT2D eigenvalue weighted by Crippen LogP contribution is -1.97. The maximum absolute atomic E-state index is 5.61. The van der Waals surface area contributed by atoms with Gasteiger partial charge < -0.3 is 10.3 Å². The van der Waals surface area contributed by atoms with E-state index in [1.807, 2.05) is 42.9 Å². The zero-order valence-electron chi connectivity index (χ0n) is 14.1. The topological polar surface area (TPSA) is 82.8 Å². The molecule has 0 saturated carbocycles. The van der Waals surface area contributed by atoms with E-state index in [0.717, 1.165) is 23.2 Å². The van der Waals surface area contributed by atoms with Crippen LogP contribution in [0.2, 0.25) is 0 Å². The largest absolute Gasteiger partial charge is 0.339 e. The van der Waals surface area contributed by atoms with Crippen LogP contribution in [0.3, 0.4) is 0 Å². The number of nitrogens with two attached hydrogens (primary N) is 1. The molecular weight excluding hydrogens is 326 g/mol. The Morgan fingerprint density at radius 2 is 1.83 bits per heavy atom. The highest BCUT2D eigenvalue weighted by Crippen LogP contribution is 2.18. The van der Waals surface area contributed by atoms with Gasteiger partial charge in [0.05, 0.1) is 5.69 Å².